The zero-order chi connectivity index (χ0) is 12.4. The Hall–Kier alpha value is -1.39. The van der Waals surface area contributed by atoms with Crippen LogP contribution in [0, 0.1) is 0 Å². The molecular formula is C14H20N4. The van der Waals surface area contributed by atoms with Gasteiger partial charge in [-0.1, -0.05) is 24.6 Å². The fourth-order valence-electron chi connectivity index (χ4n) is 2.87. The lowest BCUT2D eigenvalue weighted by atomic mass is 10.0. The number of aromatic amines is 1. The number of hydrogen-bond donors (Lipinski definition) is 2. The number of aromatic nitrogens is 2. The van der Waals surface area contributed by atoms with E-state index in [-0.39, 0.29) is 0 Å². The highest BCUT2D eigenvalue weighted by molar-refractivity contribution is 5.81. The van der Waals surface area contributed by atoms with E-state index in [1.807, 2.05) is 12.1 Å². The summed E-state index contributed by atoms with van der Waals surface area (Å²) in [6.07, 6.45) is 3.81. The molecule has 0 amide bonds. The van der Waals surface area contributed by atoms with Crippen molar-refractivity contribution in [2.45, 2.75) is 31.8 Å². The van der Waals surface area contributed by atoms with E-state index in [2.05, 4.69) is 27.2 Å². The van der Waals surface area contributed by atoms with Crippen LogP contribution < -0.4 is 5.73 Å². The molecule has 4 heteroatoms. The van der Waals surface area contributed by atoms with Crippen molar-refractivity contribution in [3.05, 3.63) is 30.0 Å². The highest BCUT2D eigenvalue weighted by Crippen LogP contribution is 2.22. The quantitative estimate of drug-likeness (QED) is 0.866. The van der Waals surface area contributed by atoms with Gasteiger partial charge in [0, 0.05) is 24.5 Å². The van der Waals surface area contributed by atoms with Gasteiger partial charge in [-0.05, 0) is 25.5 Å². The molecule has 0 saturated carbocycles. The monoisotopic (exact) mass is 244 g/mol. The van der Waals surface area contributed by atoms with Gasteiger partial charge in [-0.25, -0.2) is 0 Å². The summed E-state index contributed by atoms with van der Waals surface area (Å²) in [5, 5.41) is 8.76. The number of hydrogen-bond acceptors (Lipinski definition) is 3. The summed E-state index contributed by atoms with van der Waals surface area (Å²) in [5.74, 6) is 0. The van der Waals surface area contributed by atoms with E-state index in [4.69, 9.17) is 5.73 Å². The van der Waals surface area contributed by atoms with Crippen molar-refractivity contribution in [1.82, 2.24) is 15.1 Å². The number of nitrogens with two attached hydrogens (primary N) is 1. The second-order valence-electron chi connectivity index (χ2n) is 5.08. The molecule has 2 heterocycles. The Balaban J connectivity index is 1.82. The van der Waals surface area contributed by atoms with Crippen LogP contribution in [0.3, 0.4) is 0 Å². The summed E-state index contributed by atoms with van der Waals surface area (Å²) in [5.41, 5.74) is 8.13. The molecule has 1 aliphatic heterocycles. The molecule has 1 fully saturated rings. The summed E-state index contributed by atoms with van der Waals surface area (Å²) in [6.45, 7) is 2.84. The van der Waals surface area contributed by atoms with Gasteiger partial charge in [0.25, 0.3) is 0 Å². The maximum Gasteiger partial charge on any atom is 0.0924 e. The van der Waals surface area contributed by atoms with Crippen LogP contribution in [0.5, 0.6) is 0 Å². The van der Waals surface area contributed by atoms with Crippen molar-refractivity contribution in [3.63, 3.8) is 0 Å². The highest BCUT2D eigenvalue weighted by atomic mass is 15.2. The van der Waals surface area contributed by atoms with Crippen molar-refractivity contribution in [1.29, 1.82) is 0 Å². The summed E-state index contributed by atoms with van der Waals surface area (Å²) in [6, 6.07) is 8.80. The first-order valence-electron chi connectivity index (χ1n) is 6.74. The topological polar surface area (TPSA) is 57.9 Å². The molecule has 0 radical (unpaired) electrons. The molecule has 0 aliphatic carbocycles. The lowest BCUT2D eigenvalue weighted by Gasteiger charge is -2.34. The summed E-state index contributed by atoms with van der Waals surface area (Å²) >= 11 is 0. The molecule has 4 nitrogen and oxygen atoms in total. The molecule has 0 spiro atoms. The molecule has 0 bridgehead atoms. The number of piperidine rings is 1. The Bertz CT molecular complexity index is 519. The molecule has 2 aromatic rings. The fourth-order valence-corrected chi connectivity index (χ4v) is 2.87. The van der Waals surface area contributed by atoms with Gasteiger partial charge in [-0.15, -0.1) is 0 Å². The maximum atomic E-state index is 5.87. The Morgan fingerprint density at radius 1 is 1.33 bits per heavy atom. The number of likely N-dealkylation sites (tertiary alicyclic amines) is 1. The Morgan fingerprint density at radius 2 is 2.22 bits per heavy atom. The minimum absolute atomic E-state index is 0.529. The molecule has 1 aromatic heterocycles. The number of benzene rings is 1. The van der Waals surface area contributed by atoms with E-state index in [1.165, 1.54) is 30.3 Å². The summed E-state index contributed by atoms with van der Waals surface area (Å²) in [4.78, 5) is 2.49. The normalized spacial score (nSPS) is 21.5. The largest absolute Gasteiger partial charge is 0.329 e. The standard InChI is InChI=1S/C14H20N4/c15-9-11-5-3-4-8-18(11)10-14-12-6-1-2-7-13(12)16-17-14/h1-2,6-7,11H,3-5,8-10,15H2,(H,16,17)/t11-/m1/s1. The van der Waals surface area contributed by atoms with Crippen molar-refractivity contribution < 1.29 is 0 Å². The van der Waals surface area contributed by atoms with Crippen LogP contribution in [0.4, 0.5) is 0 Å². The Kier molecular flexibility index (Phi) is 3.30. The van der Waals surface area contributed by atoms with E-state index >= 15 is 0 Å². The van der Waals surface area contributed by atoms with Crippen LogP contribution in [0.1, 0.15) is 25.0 Å². The van der Waals surface area contributed by atoms with E-state index in [0.29, 0.717) is 6.04 Å². The van der Waals surface area contributed by atoms with E-state index in [1.54, 1.807) is 0 Å². The molecule has 1 aromatic carbocycles. The molecule has 96 valence electrons. The molecule has 3 N–H and O–H groups in total. The van der Waals surface area contributed by atoms with Crippen LogP contribution in [0.25, 0.3) is 10.9 Å². The third-order valence-corrected chi connectivity index (χ3v) is 3.92. The van der Waals surface area contributed by atoms with Crippen molar-refractivity contribution in [2.24, 2.45) is 5.73 Å². The third kappa shape index (κ3) is 2.13. The molecular weight excluding hydrogens is 224 g/mol. The Labute approximate surface area is 107 Å². The average Bonchev–Trinajstić information content (AvgIpc) is 2.83. The lowest BCUT2D eigenvalue weighted by molar-refractivity contribution is 0.143. The van der Waals surface area contributed by atoms with E-state index in [9.17, 15) is 0 Å². The molecule has 18 heavy (non-hydrogen) atoms. The number of rotatable bonds is 3. The van der Waals surface area contributed by atoms with Crippen LogP contribution in [-0.4, -0.2) is 34.2 Å². The van der Waals surface area contributed by atoms with E-state index < -0.39 is 0 Å². The second-order valence-corrected chi connectivity index (χ2v) is 5.08. The molecule has 1 saturated heterocycles. The van der Waals surface area contributed by atoms with Gasteiger partial charge in [0.2, 0.25) is 0 Å². The molecule has 3 rings (SSSR count). The van der Waals surface area contributed by atoms with Crippen molar-refractivity contribution >= 4 is 10.9 Å². The minimum atomic E-state index is 0.529. The number of H-pyrrole nitrogens is 1. The Morgan fingerprint density at radius 3 is 3.11 bits per heavy atom. The molecule has 0 unspecified atom stereocenters. The number of fused-ring (bicyclic) bond motifs is 1. The van der Waals surface area contributed by atoms with Gasteiger partial charge in [0.05, 0.1) is 11.2 Å². The van der Waals surface area contributed by atoms with Crippen molar-refractivity contribution in [3.8, 4) is 0 Å². The van der Waals surface area contributed by atoms with Crippen LogP contribution in [-0.2, 0) is 6.54 Å². The van der Waals surface area contributed by atoms with Gasteiger partial charge in [0.1, 0.15) is 0 Å². The minimum Gasteiger partial charge on any atom is -0.329 e. The van der Waals surface area contributed by atoms with Gasteiger partial charge in [0.15, 0.2) is 0 Å². The lowest BCUT2D eigenvalue weighted by Crippen LogP contribution is -2.43. The summed E-state index contributed by atoms with van der Waals surface area (Å²) in [7, 11) is 0. The second kappa shape index (κ2) is 5.08. The molecule has 1 aliphatic rings. The number of para-hydroxylation sites is 1. The fraction of sp³-hybridized carbons (Fsp3) is 0.500. The van der Waals surface area contributed by atoms with Gasteiger partial charge < -0.3 is 5.73 Å². The predicted octanol–water partition coefficient (Wildman–Crippen LogP) is 1.88. The number of nitrogens with zero attached hydrogens (tertiary/aromatic N) is 2. The van der Waals surface area contributed by atoms with Crippen LogP contribution in [0.2, 0.25) is 0 Å². The molecule has 1 atom stereocenters. The maximum absolute atomic E-state index is 5.87. The first-order chi connectivity index (χ1) is 8.88. The zero-order valence-electron chi connectivity index (χ0n) is 10.6. The van der Waals surface area contributed by atoms with Gasteiger partial charge >= 0.3 is 0 Å². The van der Waals surface area contributed by atoms with Gasteiger partial charge in [-0.3, -0.25) is 10.00 Å². The average molecular weight is 244 g/mol. The zero-order valence-corrected chi connectivity index (χ0v) is 10.6. The van der Waals surface area contributed by atoms with Crippen molar-refractivity contribution in [2.75, 3.05) is 13.1 Å². The predicted molar refractivity (Wildman–Crippen MR) is 73.2 cm³/mol. The highest BCUT2D eigenvalue weighted by Gasteiger charge is 2.22. The third-order valence-electron chi connectivity index (χ3n) is 3.92. The van der Waals surface area contributed by atoms with Gasteiger partial charge in [-0.2, -0.15) is 5.10 Å². The first-order valence-corrected chi connectivity index (χ1v) is 6.74. The van der Waals surface area contributed by atoms with Crippen LogP contribution >= 0.6 is 0 Å². The first kappa shape index (κ1) is 11.7. The smallest absolute Gasteiger partial charge is 0.0924 e. The number of nitrogens with one attached hydrogen (secondary N) is 1. The SMILES string of the molecule is NC[C@H]1CCCCN1Cc1[nH]nc2ccccc12. The summed E-state index contributed by atoms with van der Waals surface area (Å²) < 4.78 is 0. The van der Waals surface area contributed by atoms with Crippen LogP contribution in [0.15, 0.2) is 24.3 Å². The van der Waals surface area contributed by atoms with E-state index in [0.717, 1.165) is 25.2 Å².